The summed E-state index contributed by atoms with van der Waals surface area (Å²) in [6.45, 7) is 7.08. The van der Waals surface area contributed by atoms with Gasteiger partial charge in [0.05, 0.1) is 6.61 Å². The van der Waals surface area contributed by atoms with Crippen molar-refractivity contribution in [1.82, 2.24) is 0 Å². The summed E-state index contributed by atoms with van der Waals surface area (Å²) < 4.78 is 16.7. The van der Waals surface area contributed by atoms with Gasteiger partial charge < -0.3 is 14.2 Å². The monoisotopic (exact) mass is 442 g/mol. The highest BCUT2D eigenvalue weighted by atomic mass is 16.6. The van der Waals surface area contributed by atoms with Gasteiger partial charge in [0.2, 0.25) is 0 Å². The Morgan fingerprint density at radius 2 is 1.61 bits per heavy atom. The topological polar surface area (TPSA) is 44.8 Å². The van der Waals surface area contributed by atoms with Crippen molar-refractivity contribution in [3.8, 4) is 16.9 Å². The van der Waals surface area contributed by atoms with Crippen molar-refractivity contribution in [3.05, 3.63) is 95.1 Å². The van der Waals surface area contributed by atoms with Gasteiger partial charge in [-0.25, -0.2) is 4.79 Å². The molecule has 0 spiro atoms. The number of hydrogen-bond acceptors (Lipinski definition) is 4. The van der Waals surface area contributed by atoms with E-state index in [0.29, 0.717) is 26.2 Å². The molecule has 0 aromatic heterocycles. The zero-order valence-electron chi connectivity index (χ0n) is 19.5. The highest BCUT2D eigenvalue weighted by Crippen LogP contribution is 2.44. The number of benzene rings is 3. The highest BCUT2D eigenvalue weighted by Gasteiger charge is 2.23. The molecule has 170 valence electrons. The third-order valence-electron chi connectivity index (χ3n) is 5.77. The standard InChI is InChI=1S/C29H30O4/c1-4-31-28(29(30)32-5-2)19-21-11-13-22(14-12-21)33-17-16-26-24-9-7-6-8-23(24)25-15-10-20(3)18-27(25)26/h6-16,18,28H,4-5,17,19H2,1-3H3/b26-16-. The van der Waals surface area contributed by atoms with E-state index in [2.05, 4.69) is 55.5 Å². The first-order valence-corrected chi connectivity index (χ1v) is 11.5. The van der Waals surface area contributed by atoms with Crippen molar-refractivity contribution < 1.29 is 19.0 Å². The number of fused-ring (bicyclic) bond motifs is 3. The Morgan fingerprint density at radius 3 is 2.33 bits per heavy atom. The molecule has 1 atom stereocenters. The molecule has 0 fully saturated rings. The van der Waals surface area contributed by atoms with E-state index < -0.39 is 6.10 Å². The molecule has 0 aliphatic heterocycles. The second-order valence-corrected chi connectivity index (χ2v) is 8.07. The summed E-state index contributed by atoms with van der Waals surface area (Å²) in [6.07, 6.45) is 2.05. The van der Waals surface area contributed by atoms with Gasteiger partial charge in [-0.2, -0.15) is 0 Å². The van der Waals surface area contributed by atoms with E-state index in [1.54, 1.807) is 6.92 Å². The highest BCUT2D eigenvalue weighted by molar-refractivity contribution is 6.01. The van der Waals surface area contributed by atoms with Gasteiger partial charge >= 0.3 is 5.97 Å². The zero-order chi connectivity index (χ0) is 23.2. The Kier molecular flexibility index (Phi) is 7.26. The zero-order valence-corrected chi connectivity index (χ0v) is 19.5. The normalized spacial score (nSPS) is 14.0. The van der Waals surface area contributed by atoms with Crippen LogP contribution in [0.3, 0.4) is 0 Å². The lowest BCUT2D eigenvalue weighted by Gasteiger charge is -2.15. The summed E-state index contributed by atoms with van der Waals surface area (Å²) in [7, 11) is 0. The third-order valence-corrected chi connectivity index (χ3v) is 5.77. The van der Waals surface area contributed by atoms with Crippen LogP contribution in [0, 0.1) is 6.92 Å². The predicted molar refractivity (Wildman–Crippen MR) is 131 cm³/mol. The van der Waals surface area contributed by atoms with E-state index >= 15 is 0 Å². The average Bonchev–Trinajstić information content (AvgIpc) is 3.13. The molecule has 0 N–H and O–H groups in total. The van der Waals surface area contributed by atoms with E-state index in [-0.39, 0.29) is 5.97 Å². The molecule has 1 aliphatic rings. The number of carbonyl (C=O) groups is 1. The molecule has 4 heteroatoms. The maximum atomic E-state index is 12.1. The average molecular weight is 443 g/mol. The molecule has 0 saturated heterocycles. The minimum absolute atomic E-state index is 0.321. The summed E-state index contributed by atoms with van der Waals surface area (Å²) in [5, 5.41) is 0. The minimum atomic E-state index is -0.586. The summed E-state index contributed by atoms with van der Waals surface area (Å²) in [5.74, 6) is 0.467. The van der Waals surface area contributed by atoms with Crippen LogP contribution in [0.5, 0.6) is 5.75 Å². The van der Waals surface area contributed by atoms with Crippen LogP contribution in [-0.2, 0) is 20.7 Å². The molecule has 4 nitrogen and oxygen atoms in total. The molecular weight excluding hydrogens is 412 g/mol. The van der Waals surface area contributed by atoms with Crippen LogP contribution < -0.4 is 4.74 Å². The fourth-order valence-electron chi connectivity index (χ4n) is 4.24. The number of rotatable bonds is 9. The maximum absolute atomic E-state index is 12.1. The van der Waals surface area contributed by atoms with E-state index in [1.165, 1.54) is 33.4 Å². The van der Waals surface area contributed by atoms with Crippen LogP contribution in [0.1, 0.15) is 36.1 Å². The summed E-state index contributed by atoms with van der Waals surface area (Å²) in [5.41, 5.74) is 8.52. The molecular formula is C29H30O4. The van der Waals surface area contributed by atoms with E-state index in [1.807, 2.05) is 31.2 Å². The van der Waals surface area contributed by atoms with Gasteiger partial charge in [-0.05, 0) is 72.4 Å². The van der Waals surface area contributed by atoms with Gasteiger partial charge in [-0.15, -0.1) is 0 Å². The van der Waals surface area contributed by atoms with Crippen LogP contribution in [0.4, 0.5) is 0 Å². The summed E-state index contributed by atoms with van der Waals surface area (Å²) in [4.78, 5) is 12.1. The van der Waals surface area contributed by atoms with Gasteiger partial charge in [0.15, 0.2) is 6.10 Å². The van der Waals surface area contributed by atoms with Crippen molar-refractivity contribution in [2.24, 2.45) is 0 Å². The quantitative estimate of drug-likeness (QED) is 0.298. The second-order valence-electron chi connectivity index (χ2n) is 8.07. The van der Waals surface area contributed by atoms with Gasteiger partial charge in [-0.1, -0.05) is 60.2 Å². The molecule has 1 aliphatic carbocycles. The molecule has 3 aromatic rings. The number of hydrogen-bond donors (Lipinski definition) is 0. The van der Waals surface area contributed by atoms with Crippen LogP contribution in [0.15, 0.2) is 72.8 Å². The van der Waals surface area contributed by atoms with E-state index in [4.69, 9.17) is 14.2 Å². The van der Waals surface area contributed by atoms with Gasteiger partial charge in [0.1, 0.15) is 12.4 Å². The Morgan fingerprint density at radius 1 is 0.879 bits per heavy atom. The molecule has 0 radical (unpaired) electrons. The fraction of sp³-hybridized carbons (Fsp3) is 0.276. The first-order valence-electron chi connectivity index (χ1n) is 11.5. The smallest absolute Gasteiger partial charge is 0.335 e. The first kappa shape index (κ1) is 22.8. The van der Waals surface area contributed by atoms with Crippen molar-refractivity contribution >= 4 is 11.5 Å². The molecule has 3 aromatic carbocycles. The lowest BCUT2D eigenvalue weighted by Crippen LogP contribution is -2.28. The molecule has 4 rings (SSSR count). The van der Waals surface area contributed by atoms with Crippen molar-refractivity contribution in [2.45, 2.75) is 33.3 Å². The fourth-order valence-corrected chi connectivity index (χ4v) is 4.24. The predicted octanol–water partition coefficient (Wildman–Crippen LogP) is 6.00. The second kappa shape index (κ2) is 10.5. The third kappa shape index (κ3) is 5.18. The SMILES string of the molecule is CCOC(=O)C(Cc1ccc(OC/C=C2/c3ccccc3-c3ccc(C)cc32)cc1)OCC. The van der Waals surface area contributed by atoms with E-state index in [9.17, 15) is 4.79 Å². The molecule has 33 heavy (non-hydrogen) atoms. The summed E-state index contributed by atoms with van der Waals surface area (Å²) in [6, 6.07) is 22.9. The van der Waals surface area contributed by atoms with Crippen LogP contribution >= 0.6 is 0 Å². The van der Waals surface area contributed by atoms with Crippen molar-refractivity contribution in [2.75, 3.05) is 19.8 Å². The number of ether oxygens (including phenoxy) is 3. The summed E-state index contributed by atoms with van der Waals surface area (Å²) >= 11 is 0. The van der Waals surface area contributed by atoms with Crippen molar-refractivity contribution in [1.29, 1.82) is 0 Å². The minimum Gasteiger partial charge on any atom is -0.490 e. The van der Waals surface area contributed by atoms with Crippen molar-refractivity contribution in [3.63, 3.8) is 0 Å². The number of aryl methyl sites for hydroxylation is 1. The molecule has 0 amide bonds. The number of carbonyl (C=O) groups excluding carboxylic acids is 1. The lowest BCUT2D eigenvalue weighted by atomic mass is 10.0. The first-order chi connectivity index (χ1) is 16.1. The molecule has 0 heterocycles. The Bertz CT molecular complexity index is 1140. The molecule has 0 bridgehead atoms. The van der Waals surface area contributed by atoms with E-state index in [0.717, 1.165) is 11.3 Å². The Labute approximate surface area is 195 Å². The van der Waals surface area contributed by atoms with Gasteiger partial charge in [0, 0.05) is 13.0 Å². The Balaban J connectivity index is 1.44. The van der Waals surface area contributed by atoms with Crippen LogP contribution in [0.2, 0.25) is 0 Å². The number of esters is 1. The van der Waals surface area contributed by atoms with Crippen LogP contribution in [-0.4, -0.2) is 31.9 Å². The van der Waals surface area contributed by atoms with Gasteiger partial charge in [0.25, 0.3) is 0 Å². The van der Waals surface area contributed by atoms with Gasteiger partial charge in [-0.3, -0.25) is 0 Å². The molecule has 0 saturated carbocycles. The molecule has 1 unspecified atom stereocenters. The Hall–Kier alpha value is -3.37. The maximum Gasteiger partial charge on any atom is 0.335 e. The lowest BCUT2D eigenvalue weighted by molar-refractivity contribution is -0.156. The largest absolute Gasteiger partial charge is 0.490 e. The van der Waals surface area contributed by atoms with Crippen LogP contribution in [0.25, 0.3) is 16.7 Å².